The summed E-state index contributed by atoms with van der Waals surface area (Å²) in [6.45, 7) is 0.784. The van der Waals surface area contributed by atoms with Gasteiger partial charge in [-0.25, -0.2) is 0 Å². The van der Waals surface area contributed by atoms with E-state index in [0.29, 0.717) is 13.0 Å². The molecule has 2 N–H and O–H groups in total. The molecule has 1 rings (SSSR count). The minimum atomic E-state index is -0.903. The molecule has 0 atom stereocenters. The van der Waals surface area contributed by atoms with Crippen LogP contribution >= 0.6 is 0 Å². The van der Waals surface area contributed by atoms with Crippen molar-refractivity contribution in [1.82, 2.24) is 4.90 Å². The van der Waals surface area contributed by atoms with Gasteiger partial charge in [0.05, 0.1) is 6.42 Å². The Hall–Kier alpha value is -1.59. The monoisotopic (exact) mass is 271 g/mol. The van der Waals surface area contributed by atoms with Gasteiger partial charge in [0, 0.05) is 25.4 Å². The quantitative estimate of drug-likeness (QED) is 0.585. The predicted molar refractivity (Wildman–Crippen MR) is 67.7 cm³/mol. The molecule has 6 heteroatoms. The first-order valence-electron chi connectivity index (χ1n) is 6.73. The van der Waals surface area contributed by atoms with E-state index in [4.69, 9.17) is 10.2 Å². The SMILES string of the molecule is O=C(O)CCCCCN(CCC(=O)O)C(=O)C1CC1. The van der Waals surface area contributed by atoms with Gasteiger partial charge in [0.15, 0.2) is 0 Å². The zero-order valence-electron chi connectivity index (χ0n) is 11.0. The third kappa shape index (κ3) is 6.79. The molecule has 1 amide bonds. The number of carboxylic acids is 2. The van der Waals surface area contributed by atoms with Crippen LogP contribution in [-0.2, 0) is 14.4 Å². The van der Waals surface area contributed by atoms with E-state index in [1.54, 1.807) is 4.90 Å². The molecular weight excluding hydrogens is 250 g/mol. The van der Waals surface area contributed by atoms with Gasteiger partial charge in [-0.1, -0.05) is 6.42 Å². The van der Waals surface area contributed by atoms with Crippen LogP contribution in [0.5, 0.6) is 0 Å². The molecule has 0 saturated heterocycles. The molecule has 0 aromatic carbocycles. The molecule has 1 fully saturated rings. The van der Waals surface area contributed by atoms with Crippen LogP contribution in [-0.4, -0.2) is 46.0 Å². The van der Waals surface area contributed by atoms with E-state index in [-0.39, 0.29) is 31.2 Å². The molecule has 1 aliphatic carbocycles. The summed E-state index contributed by atoms with van der Waals surface area (Å²) in [7, 11) is 0. The minimum absolute atomic E-state index is 0.0341. The molecule has 0 spiro atoms. The van der Waals surface area contributed by atoms with Crippen LogP contribution in [0.3, 0.4) is 0 Å². The summed E-state index contributed by atoms with van der Waals surface area (Å²) in [5.74, 6) is -1.57. The number of unbranched alkanes of at least 4 members (excludes halogenated alkanes) is 2. The fourth-order valence-corrected chi connectivity index (χ4v) is 1.91. The molecular formula is C13H21NO5. The Labute approximate surface area is 112 Å². The second-order valence-electron chi connectivity index (χ2n) is 4.95. The third-order valence-electron chi connectivity index (χ3n) is 3.15. The zero-order chi connectivity index (χ0) is 14.3. The molecule has 0 bridgehead atoms. The van der Waals surface area contributed by atoms with E-state index in [1.807, 2.05) is 0 Å². The van der Waals surface area contributed by atoms with E-state index in [2.05, 4.69) is 0 Å². The van der Waals surface area contributed by atoms with Crippen molar-refractivity contribution in [2.45, 2.75) is 44.9 Å². The maximum Gasteiger partial charge on any atom is 0.305 e. The Morgan fingerprint density at radius 1 is 0.895 bits per heavy atom. The lowest BCUT2D eigenvalue weighted by Gasteiger charge is -2.21. The number of nitrogens with zero attached hydrogens (tertiary/aromatic N) is 1. The van der Waals surface area contributed by atoms with Crippen molar-refractivity contribution >= 4 is 17.8 Å². The number of aliphatic carboxylic acids is 2. The van der Waals surface area contributed by atoms with Crippen molar-refractivity contribution in [2.24, 2.45) is 5.92 Å². The molecule has 108 valence electrons. The van der Waals surface area contributed by atoms with Crippen molar-refractivity contribution in [1.29, 1.82) is 0 Å². The lowest BCUT2D eigenvalue weighted by atomic mass is 10.2. The fraction of sp³-hybridized carbons (Fsp3) is 0.769. The molecule has 0 heterocycles. The van der Waals surface area contributed by atoms with Gasteiger partial charge >= 0.3 is 11.9 Å². The molecule has 1 saturated carbocycles. The number of amides is 1. The van der Waals surface area contributed by atoms with Crippen molar-refractivity contribution in [3.63, 3.8) is 0 Å². The van der Waals surface area contributed by atoms with Crippen LogP contribution in [0.4, 0.5) is 0 Å². The van der Waals surface area contributed by atoms with E-state index in [9.17, 15) is 14.4 Å². The summed E-state index contributed by atoms with van der Waals surface area (Å²) in [6.07, 6.45) is 3.99. The molecule has 6 nitrogen and oxygen atoms in total. The first-order chi connectivity index (χ1) is 9.00. The number of hydrogen-bond acceptors (Lipinski definition) is 3. The van der Waals surface area contributed by atoms with E-state index >= 15 is 0 Å². The lowest BCUT2D eigenvalue weighted by Crippen LogP contribution is -2.35. The summed E-state index contributed by atoms with van der Waals surface area (Å²) in [6, 6.07) is 0. The number of carbonyl (C=O) groups is 3. The van der Waals surface area contributed by atoms with Crippen LogP contribution in [0.15, 0.2) is 0 Å². The van der Waals surface area contributed by atoms with Gasteiger partial charge in [-0.3, -0.25) is 14.4 Å². The highest BCUT2D eigenvalue weighted by Gasteiger charge is 2.33. The number of carboxylic acid groups (broad SMARTS) is 2. The topological polar surface area (TPSA) is 94.9 Å². The molecule has 0 unspecified atom stereocenters. The highest BCUT2D eigenvalue weighted by molar-refractivity contribution is 5.81. The lowest BCUT2D eigenvalue weighted by molar-refractivity contribution is -0.139. The summed E-state index contributed by atoms with van der Waals surface area (Å²) in [4.78, 5) is 34.5. The Bertz CT molecular complexity index is 338. The van der Waals surface area contributed by atoms with Gasteiger partial charge in [0.1, 0.15) is 0 Å². The Morgan fingerprint density at radius 2 is 1.53 bits per heavy atom. The summed E-state index contributed by atoms with van der Waals surface area (Å²) < 4.78 is 0. The van der Waals surface area contributed by atoms with Gasteiger partial charge in [-0.15, -0.1) is 0 Å². The number of rotatable bonds is 10. The van der Waals surface area contributed by atoms with E-state index < -0.39 is 11.9 Å². The van der Waals surface area contributed by atoms with Gasteiger partial charge in [0.25, 0.3) is 0 Å². The average Bonchev–Trinajstić information content (AvgIpc) is 3.15. The van der Waals surface area contributed by atoms with E-state index in [1.165, 1.54) is 0 Å². The summed E-state index contributed by atoms with van der Waals surface area (Å²) >= 11 is 0. The Kier molecular flexibility index (Phi) is 6.32. The molecule has 0 aromatic rings. The molecule has 0 aromatic heterocycles. The standard InChI is InChI=1S/C13H21NO5/c15-11(16)4-2-1-3-8-14(9-7-12(17)18)13(19)10-5-6-10/h10H,1-9H2,(H,15,16)(H,17,18). The van der Waals surface area contributed by atoms with Crippen LogP contribution in [0.1, 0.15) is 44.9 Å². The summed E-state index contributed by atoms with van der Waals surface area (Å²) in [5, 5.41) is 17.2. The maximum absolute atomic E-state index is 11.9. The van der Waals surface area contributed by atoms with Gasteiger partial charge in [-0.2, -0.15) is 0 Å². The molecule has 0 radical (unpaired) electrons. The van der Waals surface area contributed by atoms with Crippen LogP contribution in [0, 0.1) is 5.92 Å². The average molecular weight is 271 g/mol. The Balaban J connectivity index is 2.25. The second-order valence-corrected chi connectivity index (χ2v) is 4.95. The molecule has 0 aliphatic heterocycles. The normalized spacial score (nSPS) is 14.1. The first-order valence-corrected chi connectivity index (χ1v) is 6.73. The predicted octanol–water partition coefficient (Wildman–Crippen LogP) is 1.34. The first kappa shape index (κ1) is 15.5. The summed E-state index contributed by atoms with van der Waals surface area (Å²) in [5.41, 5.74) is 0. The van der Waals surface area contributed by atoms with Gasteiger partial charge in [0.2, 0.25) is 5.91 Å². The van der Waals surface area contributed by atoms with Crippen LogP contribution in [0.2, 0.25) is 0 Å². The largest absolute Gasteiger partial charge is 0.481 e. The van der Waals surface area contributed by atoms with Crippen LogP contribution in [0.25, 0.3) is 0 Å². The highest BCUT2D eigenvalue weighted by atomic mass is 16.4. The minimum Gasteiger partial charge on any atom is -0.481 e. The van der Waals surface area contributed by atoms with E-state index in [0.717, 1.165) is 25.7 Å². The highest BCUT2D eigenvalue weighted by Crippen LogP contribution is 2.31. The smallest absolute Gasteiger partial charge is 0.305 e. The van der Waals surface area contributed by atoms with Gasteiger partial charge < -0.3 is 15.1 Å². The van der Waals surface area contributed by atoms with Gasteiger partial charge in [-0.05, 0) is 25.7 Å². The van der Waals surface area contributed by atoms with Crippen molar-refractivity contribution in [3.05, 3.63) is 0 Å². The second kappa shape index (κ2) is 7.76. The number of hydrogen-bond donors (Lipinski definition) is 2. The molecule has 1 aliphatic rings. The third-order valence-corrected chi connectivity index (χ3v) is 3.15. The van der Waals surface area contributed by atoms with Crippen molar-refractivity contribution in [2.75, 3.05) is 13.1 Å². The zero-order valence-corrected chi connectivity index (χ0v) is 11.0. The van der Waals surface area contributed by atoms with Crippen LogP contribution < -0.4 is 0 Å². The molecule has 19 heavy (non-hydrogen) atoms. The fourth-order valence-electron chi connectivity index (χ4n) is 1.91. The Morgan fingerprint density at radius 3 is 2.05 bits per heavy atom. The van der Waals surface area contributed by atoms with Crippen molar-refractivity contribution in [3.8, 4) is 0 Å². The number of carbonyl (C=O) groups excluding carboxylic acids is 1. The van der Waals surface area contributed by atoms with Crippen molar-refractivity contribution < 1.29 is 24.6 Å². The maximum atomic E-state index is 11.9.